The molecule has 1 aliphatic heterocycles. The van der Waals surface area contributed by atoms with Crippen LogP contribution in [-0.2, 0) is 17.8 Å². The highest BCUT2D eigenvalue weighted by molar-refractivity contribution is 8.93. The smallest absolute Gasteiger partial charge is 0.228 e. The number of thioether (sulfide) groups is 1. The van der Waals surface area contributed by atoms with E-state index < -0.39 is 0 Å². The minimum atomic E-state index is -0.0637. The number of hydrogen-bond donors (Lipinski definition) is 1. The summed E-state index contributed by atoms with van der Waals surface area (Å²) in [6.45, 7) is 3.79. The van der Waals surface area contributed by atoms with Gasteiger partial charge in [-0.15, -0.1) is 28.7 Å². The first-order valence-corrected chi connectivity index (χ1v) is 16.9. The number of nitrogens with one attached hydrogen (secondary N) is 1. The van der Waals surface area contributed by atoms with Gasteiger partial charge in [0.25, 0.3) is 0 Å². The number of carbonyl (C=O) groups is 1. The standard InChI is InChI=1S/C35H52N2O3S.BrH/c1-3-4-5-6-7-8-9-10-11-12-13-14-15-16-25-40-35-31(18-17-19-33(35)39-2)27-34(38)36-32-22-20-30(21-23-32)28-37-24-26-41-29-37;/h17-24,26H,3-16,25,27-29H2,1-2H3,(H,36,38);1H. The molecule has 3 rings (SSSR count). The summed E-state index contributed by atoms with van der Waals surface area (Å²) in [5.74, 6) is 2.29. The molecule has 0 spiro atoms. The Kier molecular flexibility index (Phi) is 19.3. The number of rotatable bonds is 22. The molecule has 1 N–H and O–H groups in total. The predicted molar refractivity (Wildman–Crippen MR) is 185 cm³/mol. The van der Waals surface area contributed by atoms with Crippen molar-refractivity contribution >= 4 is 40.3 Å². The molecule has 2 aromatic rings. The molecule has 2 aromatic carbocycles. The number of para-hydroxylation sites is 1. The summed E-state index contributed by atoms with van der Waals surface area (Å²) < 4.78 is 11.7. The molecule has 234 valence electrons. The van der Waals surface area contributed by atoms with E-state index in [1.807, 2.05) is 30.3 Å². The molecule has 0 saturated carbocycles. The third kappa shape index (κ3) is 14.4. The third-order valence-corrected chi connectivity index (χ3v) is 8.40. The molecule has 1 heterocycles. The van der Waals surface area contributed by atoms with Crippen LogP contribution in [0.25, 0.3) is 0 Å². The Morgan fingerprint density at radius 1 is 0.857 bits per heavy atom. The lowest BCUT2D eigenvalue weighted by Crippen LogP contribution is -2.16. The SMILES string of the molecule is Br.CCCCCCCCCCCCCCCCOc1c(CC(=O)Nc2ccc(CN3C=CSC3)cc2)cccc1OC. The van der Waals surface area contributed by atoms with Crippen molar-refractivity contribution < 1.29 is 14.3 Å². The minimum Gasteiger partial charge on any atom is -0.493 e. The highest BCUT2D eigenvalue weighted by Crippen LogP contribution is 2.32. The van der Waals surface area contributed by atoms with Gasteiger partial charge >= 0.3 is 0 Å². The fourth-order valence-corrected chi connectivity index (χ4v) is 5.92. The number of amides is 1. The van der Waals surface area contributed by atoms with Crippen LogP contribution in [0.3, 0.4) is 0 Å². The van der Waals surface area contributed by atoms with Crippen LogP contribution in [0.15, 0.2) is 54.1 Å². The molecule has 42 heavy (non-hydrogen) atoms. The van der Waals surface area contributed by atoms with E-state index in [0.717, 1.165) is 30.1 Å². The molecule has 0 unspecified atom stereocenters. The predicted octanol–water partition coefficient (Wildman–Crippen LogP) is 10.3. The molecule has 0 aliphatic carbocycles. The van der Waals surface area contributed by atoms with E-state index in [-0.39, 0.29) is 29.3 Å². The second-order valence-corrected chi connectivity index (χ2v) is 12.0. The van der Waals surface area contributed by atoms with Gasteiger partial charge < -0.3 is 19.7 Å². The van der Waals surface area contributed by atoms with Gasteiger partial charge in [-0.25, -0.2) is 0 Å². The fraction of sp³-hybridized carbons (Fsp3) is 0.571. The summed E-state index contributed by atoms with van der Waals surface area (Å²) in [7, 11) is 1.65. The molecule has 0 aromatic heterocycles. The molecule has 0 fully saturated rings. The van der Waals surface area contributed by atoms with Crippen LogP contribution in [0.5, 0.6) is 11.5 Å². The minimum absolute atomic E-state index is 0. The number of benzene rings is 2. The number of anilines is 1. The number of halogens is 1. The lowest BCUT2D eigenvalue weighted by atomic mass is 10.0. The van der Waals surface area contributed by atoms with Crippen LogP contribution in [0.1, 0.15) is 108 Å². The van der Waals surface area contributed by atoms with E-state index in [1.165, 1.54) is 89.0 Å². The average Bonchev–Trinajstić information content (AvgIpc) is 3.49. The molecule has 0 saturated heterocycles. The highest BCUT2D eigenvalue weighted by Gasteiger charge is 2.14. The second kappa shape index (κ2) is 22.4. The van der Waals surface area contributed by atoms with Crippen LogP contribution in [0.2, 0.25) is 0 Å². The van der Waals surface area contributed by atoms with Crippen molar-refractivity contribution in [3.05, 3.63) is 65.2 Å². The van der Waals surface area contributed by atoms with E-state index in [9.17, 15) is 4.79 Å². The quantitative estimate of drug-likeness (QED) is 0.127. The maximum Gasteiger partial charge on any atom is 0.228 e. The molecule has 7 heteroatoms. The first-order valence-electron chi connectivity index (χ1n) is 15.9. The largest absolute Gasteiger partial charge is 0.493 e. The van der Waals surface area contributed by atoms with Crippen LogP contribution < -0.4 is 14.8 Å². The van der Waals surface area contributed by atoms with Crippen molar-refractivity contribution in [2.75, 3.05) is 24.9 Å². The van der Waals surface area contributed by atoms with E-state index in [1.54, 1.807) is 18.9 Å². The van der Waals surface area contributed by atoms with Gasteiger partial charge in [0.15, 0.2) is 11.5 Å². The summed E-state index contributed by atoms with van der Waals surface area (Å²) in [5, 5.41) is 5.15. The van der Waals surface area contributed by atoms with Gasteiger partial charge in [0, 0.05) is 24.0 Å². The van der Waals surface area contributed by atoms with Gasteiger partial charge in [0.2, 0.25) is 5.91 Å². The molecule has 1 amide bonds. The Balaban J connectivity index is 0.00000616. The molecular formula is C35H53BrN2O3S. The number of ether oxygens (including phenoxy) is 2. The summed E-state index contributed by atoms with van der Waals surface area (Å²) in [6, 6.07) is 13.9. The van der Waals surface area contributed by atoms with Gasteiger partial charge in [-0.3, -0.25) is 4.79 Å². The molecular weight excluding hydrogens is 608 g/mol. The van der Waals surface area contributed by atoms with Crippen LogP contribution in [-0.4, -0.2) is 30.4 Å². The van der Waals surface area contributed by atoms with Crippen molar-refractivity contribution in [2.45, 2.75) is 110 Å². The highest BCUT2D eigenvalue weighted by atomic mass is 79.9. The van der Waals surface area contributed by atoms with Crippen molar-refractivity contribution in [2.24, 2.45) is 0 Å². The average molecular weight is 662 g/mol. The van der Waals surface area contributed by atoms with E-state index in [2.05, 4.69) is 40.9 Å². The number of carbonyl (C=O) groups excluding carboxylic acids is 1. The van der Waals surface area contributed by atoms with Crippen LogP contribution >= 0.6 is 28.7 Å². The lowest BCUT2D eigenvalue weighted by Gasteiger charge is -2.16. The molecule has 0 atom stereocenters. The van der Waals surface area contributed by atoms with E-state index >= 15 is 0 Å². The first-order chi connectivity index (χ1) is 20.2. The zero-order chi connectivity index (χ0) is 29.0. The molecule has 0 radical (unpaired) electrons. The first kappa shape index (κ1) is 36.1. The van der Waals surface area contributed by atoms with E-state index in [0.29, 0.717) is 18.1 Å². The fourth-order valence-electron chi connectivity index (χ4n) is 5.21. The lowest BCUT2D eigenvalue weighted by molar-refractivity contribution is -0.115. The number of unbranched alkanes of at least 4 members (excludes halogenated alkanes) is 13. The van der Waals surface area contributed by atoms with Crippen molar-refractivity contribution in [3.63, 3.8) is 0 Å². The third-order valence-electron chi connectivity index (χ3n) is 7.61. The maximum atomic E-state index is 12.9. The molecule has 5 nitrogen and oxygen atoms in total. The van der Waals surface area contributed by atoms with Gasteiger partial charge in [0.1, 0.15) is 0 Å². The summed E-state index contributed by atoms with van der Waals surface area (Å²) in [5.41, 5.74) is 2.88. The topological polar surface area (TPSA) is 50.8 Å². The normalized spacial score (nSPS) is 12.3. The summed E-state index contributed by atoms with van der Waals surface area (Å²) >= 11 is 1.80. The van der Waals surface area contributed by atoms with Crippen LogP contribution in [0.4, 0.5) is 5.69 Å². The monoisotopic (exact) mass is 660 g/mol. The number of hydrogen-bond acceptors (Lipinski definition) is 5. The second-order valence-electron chi connectivity index (χ2n) is 11.1. The Morgan fingerprint density at radius 3 is 2.05 bits per heavy atom. The Labute approximate surface area is 270 Å². The zero-order valence-corrected chi connectivity index (χ0v) is 28.4. The molecule has 0 bridgehead atoms. The zero-order valence-electron chi connectivity index (χ0n) is 25.9. The maximum absolute atomic E-state index is 12.9. The van der Waals surface area contributed by atoms with Crippen molar-refractivity contribution in [3.8, 4) is 11.5 Å². The number of nitrogens with zero attached hydrogens (tertiary/aromatic N) is 1. The molecule has 1 aliphatic rings. The van der Waals surface area contributed by atoms with Crippen LogP contribution in [0, 0.1) is 0 Å². The summed E-state index contributed by atoms with van der Waals surface area (Å²) in [6.07, 6.45) is 21.0. The summed E-state index contributed by atoms with van der Waals surface area (Å²) in [4.78, 5) is 15.1. The number of methoxy groups -OCH3 is 1. The van der Waals surface area contributed by atoms with Crippen molar-refractivity contribution in [1.29, 1.82) is 0 Å². The Hall–Kier alpha value is -2.12. The van der Waals surface area contributed by atoms with Gasteiger partial charge in [-0.1, -0.05) is 115 Å². The van der Waals surface area contributed by atoms with Crippen molar-refractivity contribution in [1.82, 2.24) is 4.90 Å². The van der Waals surface area contributed by atoms with E-state index in [4.69, 9.17) is 9.47 Å². The Morgan fingerprint density at radius 2 is 1.48 bits per heavy atom. The van der Waals surface area contributed by atoms with Gasteiger partial charge in [0.05, 0.1) is 26.0 Å². The van der Waals surface area contributed by atoms with Gasteiger partial charge in [-0.05, 0) is 35.6 Å². The Bertz CT molecular complexity index is 1030. The van der Waals surface area contributed by atoms with Gasteiger partial charge in [-0.2, -0.15) is 0 Å².